The van der Waals surface area contributed by atoms with E-state index in [1.807, 2.05) is 19.1 Å². The van der Waals surface area contributed by atoms with Crippen molar-refractivity contribution in [1.82, 2.24) is 16.2 Å². The molecule has 0 aliphatic rings. The summed E-state index contributed by atoms with van der Waals surface area (Å²) in [6.07, 6.45) is 0. The van der Waals surface area contributed by atoms with E-state index >= 15 is 0 Å². The van der Waals surface area contributed by atoms with Crippen molar-refractivity contribution in [1.29, 1.82) is 0 Å². The standard InChI is InChI=1S/C11H14ClN3O2/c1-8-2-4-9(5-3-8)10(16)14-15-11(17)13-7-6-12/h2-5H,6-7H2,1H3,(H,14,16)(H2,13,15,17). The van der Waals surface area contributed by atoms with Crippen molar-refractivity contribution >= 4 is 23.5 Å². The number of alkyl halides is 1. The highest BCUT2D eigenvalue weighted by molar-refractivity contribution is 6.18. The van der Waals surface area contributed by atoms with Gasteiger partial charge in [-0.2, -0.15) is 0 Å². The third-order valence-electron chi connectivity index (χ3n) is 1.98. The second kappa shape index (κ2) is 6.75. The molecule has 3 N–H and O–H groups in total. The molecule has 6 heteroatoms. The zero-order valence-electron chi connectivity index (χ0n) is 9.42. The van der Waals surface area contributed by atoms with Crippen LogP contribution < -0.4 is 16.2 Å². The molecule has 1 aromatic carbocycles. The molecule has 0 saturated heterocycles. The fraction of sp³-hybridized carbons (Fsp3) is 0.273. The number of halogens is 1. The number of urea groups is 1. The van der Waals surface area contributed by atoms with Gasteiger partial charge in [-0.25, -0.2) is 10.2 Å². The zero-order chi connectivity index (χ0) is 12.7. The minimum atomic E-state index is -0.494. The van der Waals surface area contributed by atoms with Crippen molar-refractivity contribution in [3.8, 4) is 0 Å². The highest BCUT2D eigenvalue weighted by Gasteiger charge is 2.05. The summed E-state index contributed by atoms with van der Waals surface area (Å²) in [5.74, 6) is -0.0506. The molecule has 1 rings (SSSR count). The van der Waals surface area contributed by atoms with Crippen molar-refractivity contribution in [2.24, 2.45) is 0 Å². The van der Waals surface area contributed by atoms with Gasteiger partial charge < -0.3 is 5.32 Å². The number of hydrogen-bond acceptors (Lipinski definition) is 2. The van der Waals surface area contributed by atoms with Crippen molar-refractivity contribution in [3.05, 3.63) is 35.4 Å². The number of hydrogen-bond donors (Lipinski definition) is 3. The van der Waals surface area contributed by atoms with Gasteiger partial charge >= 0.3 is 6.03 Å². The van der Waals surface area contributed by atoms with Crippen LogP contribution in [-0.4, -0.2) is 24.4 Å². The van der Waals surface area contributed by atoms with Crippen molar-refractivity contribution in [2.45, 2.75) is 6.92 Å². The monoisotopic (exact) mass is 255 g/mol. The Morgan fingerprint density at radius 3 is 2.41 bits per heavy atom. The van der Waals surface area contributed by atoms with Crippen LogP contribution in [0.15, 0.2) is 24.3 Å². The first-order valence-electron chi connectivity index (χ1n) is 5.10. The molecule has 0 aliphatic heterocycles. The topological polar surface area (TPSA) is 70.2 Å². The Morgan fingerprint density at radius 1 is 1.18 bits per heavy atom. The lowest BCUT2D eigenvalue weighted by Crippen LogP contribution is -2.47. The Balaban J connectivity index is 2.39. The van der Waals surface area contributed by atoms with E-state index in [2.05, 4.69) is 16.2 Å². The van der Waals surface area contributed by atoms with Gasteiger partial charge in [0, 0.05) is 18.0 Å². The molecule has 0 aromatic heterocycles. The zero-order valence-corrected chi connectivity index (χ0v) is 10.2. The molecule has 0 fully saturated rings. The number of carbonyl (C=O) groups is 2. The van der Waals surface area contributed by atoms with Crippen LogP contribution in [0.3, 0.4) is 0 Å². The molecule has 0 bridgehead atoms. The van der Waals surface area contributed by atoms with Crippen LogP contribution in [0.4, 0.5) is 4.79 Å². The lowest BCUT2D eigenvalue weighted by molar-refractivity contribution is 0.0936. The first-order valence-corrected chi connectivity index (χ1v) is 5.63. The minimum absolute atomic E-state index is 0.319. The quantitative estimate of drug-likeness (QED) is 0.561. The molecule has 92 valence electrons. The Hall–Kier alpha value is -1.75. The summed E-state index contributed by atoms with van der Waals surface area (Å²) in [4.78, 5) is 22.7. The van der Waals surface area contributed by atoms with E-state index in [-0.39, 0.29) is 5.91 Å². The van der Waals surface area contributed by atoms with Gasteiger partial charge in [0.15, 0.2) is 0 Å². The summed E-state index contributed by atoms with van der Waals surface area (Å²) in [5, 5.41) is 2.45. The molecule has 0 aliphatic carbocycles. The average Bonchev–Trinajstić information content (AvgIpc) is 2.34. The van der Waals surface area contributed by atoms with E-state index in [9.17, 15) is 9.59 Å². The number of aryl methyl sites for hydroxylation is 1. The third-order valence-corrected chi connectivity index (χ3v) is 2.17. The van der Waals surface area contributed by atoms with Crippen molar-refractivity contribution in [2.75, 3.05) is 12.4 Å². The van der Waals surface area contributed by atoms with Gasteiger partial charge in [0.25, 0.3) is 5.91 Å². The van der Waals surface area contributed by atoms with E-state index in [0.29, 0.717) is 18.0 Å². The first kappa shape index (κ1) is 13.3. The summed E-state index contributed by atoms with van der Waals surface area (Å²) in [7, 11) is 0. The highest BCUT2D eigenvalue weighted by atomic mass is 35.5. The molecule has 0 saturated carbocycles. The molecule has 0 radical (unpaired) electrons. The van der Waals surface area contributed by atoms with Crippen LogP contribution in [0.1, 0.15) is 15.9 Å². The second-order valence-electron chi connectivity index (χ2n) is 3.39. The summed E-state index contributed by atoms with van der Waals surface area (Å²) in [6, 6.07) is 6.52. The molecule has 0 heterocycles. The normalized spacial score (nSPS) is 9.53. The summed E-state index contributed by atoms with van der Waals surface area (Å²) >= 11 is 5.39. The summed E-state index contributed by atoms with van der Waals surface area (Å²) < 4.78 is 0. The van der Waals surface area contributed by atoms with Crippen LogP contribution in [0.25, 0.3) is 0 Å². The van der Waals surface area contributed by atoms with Crippen LogP contribution in [0.5, 0.6) is 0 Å². The average molecular weight is 256 g/mol. The third kappa shape index (κ3) is 4.74. The molecule has 17 heavy (non-hydrogen) atoms. The van der Waals surface area contributed by atoms with Crippen molar-refractivity contribution < 1.29 is 9.59 Å². The van der Waals surface area contributed by atoms with E-state index in [0.717, 1.165) is 5.56 Å². The fourth-order valence-corrected chi connectivity index (χ4v) is 1.19. The van der Waals surface area contributed by atoms with Gasteiger partial charge in [-0.15, -0.1) is 11.6 Å². The van der Waals surface area contributed by atoms with Gasteiger partial charge in [-0.3, -0.25) is 10.2 Å². The Kier molecular flexibility index (Phi) is 5.29. The smallest absolute Gasteiger partial charge is 0.333 e. The Labute approximate surface area is 105 Å². The largest absolute Gasteiger partial charge is 0.336 e. The number of nitrogens with one attached hydrogen (secondary N) is 3. The van der Waals surface area contributed by atoms with E-state index in [1.54, 1.807) is 12.1 Å². The molecule has 1 aromatic rings. The van der Waals surface area contributed by atoms with Gasteiger partial charge in [-0.1, -0.05) is 17.7 Å². The molecule has 5 nitrogen and oxygen atoms in total. The van der Waals surface area contributed by atoms with E-state index in [1.165, 1.54) is 0 Å². The molecule has 0 unspecified atom stereocenters. The highest BCUT2D eigenvalue weighted by Crippen LogP contribution is 2.01. The van der Waals surface area contributed by atoms with Crippen LogP contribution >= 0.6 is 11.6 Å². The first-order chi connectivity index (χ1) is 8.13. The van der Waals surface area contributed by atoms with Gasteiger partial charge in [-0.05, 0) is 19.1 Å². The number of benzene rings is 1. The lowest BCUT2D eigenvalue weighted by atomic mass is 10.1. The van der Waals surface area contributed by atoms with E-state index in [4.69, 9.17) is 11.6 Å². The number of carbonyl (C=O) groups excluding carboxylic acids is 2. The van der Waals surface area contributed by atoms with Crippen LogP contribution in [-0.2, 0) is 0 Å². The summed E-state index contributed by atoms with van der Waals surface area (Å²) in [6.45, 7) is 2.27. The van der Waals surface area contributed by atoms with Crippen LogP contribution in [0.2, 0.25) is 0 Å². The minimum Gasteiger partial charge on any atom is -0.336 e. The molecule has 3 amide bonds. The Morgan fingerprint density at radius 2 is 1.82 bits per heavy atom. The number of amides is 3. The SMILES string of the molecule is Cc1ccc(C(=O)NNC(=O)NCCCl)cc1. The second-order valence-corrected chi connectivity index (χ2v) is 3.77. The van der Waals surface area contributed by atoms with E-state index < -0.39 is 6.03 Å². The maximum atomic E-state index is 11.6. The number of hydrazine groups is 1. The maximum Gasteiger partial charge on any atom is 0.333 e. The predicted octanol–water partition coefficient (Wildman–Crippen LogP) is 1.18. The van der Waals surface area contributed by atoms with Gasteiger partial charge in [0.05, 0.1) is 0 Å². The Bertz CT molecular complexity index is 392. The number of rotatable bonds is 3. The molecule has 0 atom stereocenters. The molecule has 0 spiro atoms. The predicted molar refractivity (Wildman–Crippen MR) is 65.9 cm³/mol. The van der Waals surface area contributed by atoms with Crippen LogP contribution in [0, 0.1) is 6.92 Å². The van der Waals surface area contributed by atoms with Gasteiger partial charge in [0.1, 0.15) is 0 Å². The van der Waals surface area contributed by atoms with Gasteiger partial charge in [0.2, 0.25) is 0 Å². The molecular weight excluding hydrogens is 242 g/mol. The lowest BCUT2D eigenvalue weighted by Gasteiger charge is -2.08. The summed E-state index contributed by atoms with van der Waals surface area (Å²) in [5.41, 5.74) is 6.05. The fourth-order valence-electron chi connectivity index (χ4n) is 1.10. The van der Waals surface area contributed by atoms with Crippen molar-refractivity contribution in [3.63, 3.8) is 0 Å². The molecular formula is C11H14ClN3O2. The maximum absolute atomic E-state index is 11.6.